The highest BCUT2D eigenvalue weighted by molar-refractivity contribution is 5.99. The Hall–Kier alpha value is -3.64. The molecule has 1 aromatic carbocycles. The molecule has 1 aliphatic carbocycles. The van der Waals surface area contributed by atoms with E-state index in [4.69, 9.17) is 14.0 Å². The summed E-state index contributed by atoms with van der Waals surface area (Å²) in [5.74, 6) is 0.463. The zero-order valence-corrected chi connectivity index (χ0v) is 26.2. The van der Waals surface area contributed by atoms with Gasteiger partial charge in [-0.05, 0) is 84.8 Å². The molecule has 1 atom stereocenters. The van der Waals surface area contributed by atoms with Crippen LogP contribution in [0.3, 0.4) is 0 Å². The second-order valence-corrected chi connectivity index (χ2v) is 13.4. The predicted molar refractivity (Wildman–Crippen MR) is 157 cm³/mol. The maximum absolute atomic E-state index is 14.1. The van der Waals surface area contributed by atoms with Gasteiger partial charge in [0, 0.05) is 12.1 Å². The lowest BCUT2D eigenvalue weighted by Crippen LogP contribution is -2.46. The number of hydrogen-bond donors (Lipinski definition) is 1. The molecule has 2 amide bonds. The van der Waals surface area contributed by atoms with E-state index in [1.807, 2.05) is 0 Å². The van der Waals surface area contributed by atoms with Crippen LogP contribution in [0, 0.1) is 5.92 Å². The smallest absolute Gasteiger partial charge is 0.437 e. The zero-order chi connectivity index (χ0) is 32.3. The quantitative estimate of drug-likeness (QED) is 0.265. The highest BCUT2D eigenvalue weighted by Gasteiger charge is 2.37. The van der Waals surface area contributed by atoms with Crippen molar-refractivity contribution in [1.29, 1.82) is 0 Å². The second-order valence-electron chi connectivity index (χ2n) is 13.4. The van der Waals surface area contributed by atoms with Crippen LogP contribution in [0.15, 0.2) is 27.7 Å². The highest BCUT2D eigenvalue weighted by Crippen LogP contribution is 2.38. The summed E-state index contributed by atoms with van der Waals surface area (Å²) < 4.78 is 58.4. The SMILES string of the molecule is CC(C)(C)OC(=O)/N=C(\NC(=O)OC(C)(C)C)N1CCC[C@H]1c1nc(-c2ccc(CCC3CCCC3)c(C(F)(F)F)c2)no1. The van der Waals surface area contributed by atoms with Crippen molar-refractivity contribution in [2.45, 2.75) is 116 Å². The predicted octanol–water partition coefficient (Wildman–Crippen LogP) is 7.83. The van der Waals surface area contributed by atoms with Crippen LogP contribution in [0.1, 0.15) is 110 Å². The summed E-state index contributed by atoms with van der Waals surface area (Å²) in [6.07, 6.45) is 0.350. The van der Waals surface area contributed by atoms with Gasteiger partial charge < -0.3 is 18.9 Å². The van der Waals surface area contributed by atoms with Crippen molar-refractivity contribution in [3.8, 4) is 11.4 Å². The summed E-state index contributed by atoms with van der Waals surface area (Å²) in [7, 11) is 0. The topological polar surface area (TPSA) is 119 Å². The summed E-state index contributed by atoms with van der Waals surface area (Å²) in [6, 6.07) is 3.55. The minimum atomic E-state index is -4.53. The van der Waals surface area contributed by atoms with Crippen LogP contribution < -0.4 is 5.32 Å². The number of likely N-dealkylation sites (tertiary alicyclic amines) is 1. The van der Waals surface area contributed by atoms with Gasteiger partial charge in [0.1, 0.15) is 17.2 Å². The molecule has 0 spiro atoms. The molecular weight excluding hydrogens is 579 g/mol. The van der Waals surface area contributed by atoms with Crippen LogP contribution in [0.25, 0.3) is 11.4 Å². The van der Waals surface area contributed by atoms with Gasteiger partial charge in [-0.25, -0.2) is 9.59 Å². The van der Waals surface area contributed by atoms with Crippen LogP contribution in [0.5, 0.6) is 0 Å². The van der Waals surface area contributed by atoms with E-state index in [9.17, 15) is 22.8 Å². The standard InChI is InChI=1S/C31H42F3N5O5/c1-29(2,3)42-27(40)36-26(37-28(41)43-30(4,5)6)39-17-9-12-23(39)25-35-24(38-44-25)21-16-15-20(22(18-21)31(32,33)34)14-13-19-10-7-8-11-19/h15-16,18-19,23H,7-14,17H2,1-6H3,(H,36,37,40,41)/t23-/m0/s1. The third-order valence-electron chi connectivity index (χ3n) is 7.43. The Labute approximate surface area is 255 Å². The third-order valence-corrected chi connectivity index (χ3v) is 7.43. The third kappa shape index (κ3) is 9.18. The van der Waals surface area contributed by atoms with Crippen molar-refractivity contribution in [3.05, 3.63) is 35.2 Å². The van der Waals surface area contributed by atoms with E-state index in [-0.39, 0.29) is 28.8 Å². The molecule has 2 heterocycles. The molecule has 0 unspecified atom stereocenters. The number of ether oxygens (including phenoxy) is 2. The first-order valence-electron chi connectivity index (χ1n) is 15.1. The van der Waals surface area contributed by atoms with Gasteiger partial charge in [-0.1, -0.05) is 43.0 Å². The molecule has 1 saturated carbocycles. The Morgan fingerprint density at radius 1 is 1.02 bits per heavy atom. The van der Waals surface area contributed by atoms with E-state index in [0.29, 0.717) is 31.7 Å². The lowest BCUT2D eigenvalue weighted by atomic mass is 9.94. The number of halogens is 3. The summed E-state index contributed by atoms with van der Waals surface area (Å²) in [6.45, 7) is 10.5. The molecule has 0 radical (unpaired) electrons. The molecule has 1 N–H and O–H groups in total. The number of benzene rings is 1. The maximum Gasteiger partial charge on any atom is 0.437 e. The van der Waals surface area contributed by atoms with E-state index in [1.165, 1.54) is 6.07 Å². The average Bonchev–Trinajstić information content (AvgIpc) is 3.66. The van der Waals surface area contributed by atoms with Crippen LogP contribution >= 0.6 is 0 Å². The number of rotatable bonds is 5. The molecule has 2 aromatic rings. The fraction of sp³-hybridized carbons (Fsp3) is 0.645. The molecule has 4 rings (SSSR count). The van der Waals surface area contributed by atoms with Crippen molar-refractivity contribution in [3.63, 3.8) is 0 Å². The van der Waals surface area contributed by atoms with Gasteiger partial charge >= 0.3 is 18.4 Å². The molecule has 0 bridgehead atoms. The van der Waals surface area contributed by atoms with Crippen LogP contribution in [0.2, 0.25) is 0 Å². The number of carbonyl (C=O) groups is 2. The van der Waals surface area contributed by atoms with Crippen molar-refractivity contribution in [2.24, 2.45) is 10.9 Å². The molecular formula is C31H42F3N5O5. The maximum atomic E-state index is 14.1. The van der Waals surface area contributed by atoms with Crippen molar-refractivity contribution in [2.75, 3.05) is 6.54 Å². The van der Waals surface area contributed by atoms with Gasteiger partial charge in [-0.15, -0.1) is 4.99 Å². The molecule has 13 heteroatoms. The van der Waals surface area contributed by atoms with Crippen molar-refractivity contribution < 1.29 is 36.8 Å². The number of guanidine groups is 1. The van der Waals surface area contributed by atoms with Crippen LogP contribution in [-0.2, 0) is 22.1 Å². The van der Waals surface area contributed by atoms with Crippen LogP contribution in [0.4, 0.5) is 22.8 Å². The molecule has 1 aliphatic heterocycles. The Kier molecular flexibility index (Phi) is 9.94. The molecule has 10 nitrogen and oxygen atoms in total. The Morgan fingerprint density at radius 2 is 1.70 bits per heavy atom. The summed E-state index contributed by atoms with van der Waals surface area (Å²) in [5, 5.41) is 6.51. The fourth-order valence-electron chi connectivity index (χ4n) is 5.55. The number of aromatic nitrogens is 2. The molecule has 2 aliphatic rings. The number of hydrogen-bond acceptors (Lipinski definition) is 7. The van der Waals surface area contributed by atoms with Crippen LogP contribution in [-0.4, -0.2) is 50.9 Å². The second kappa shape index (κ2) is 13.2. The molecule has 44 heavy (non-hydrogen) atoms. The zero-order valence-electron chi connectivity index (χ0n) is 26.2. The number of alkyl halides is 3. The van der Waals surface area contributed by atoms with E-state index >= 15 is 0 Å². The normalized spacial score (nSPS) is 18.5. The molecule has 1 aromatic heterocycles. The van der Waals surface area contributed by atoms with E-state index in [1.54, 1.807) is 52.5 Å². The summed E-state index contributed by atoms with van der Waals surface area (Å²) >= 11 is 0. The number of nitrogens with zero attached hydrogens (tertiary/aromatic N) is 4. The van der Waals surface area contributed by atoms with Gasteiger partial charge in [-0.3, -0.25) is 5.32 Å². The lowest BCUT2D eigenvalue weighted by Gasteiger charge is -2.27. The Bertz CT molecular complexity index is 1350. The molecule has 242 valence electrons. The minimum Gasteiger partial charge on any atom is -0.444 e. The van der Waals surface area contributed by atoms with E-state index < -0.39 is 41.2 Å². The minimum absolute atomic E-state index is 0.00502. The van der Waals surface area contributed by atoms with Crippen molar-refractivity contribution >= 4 is 18.1 Å². The Morgan fingerprint density at radius 3 is 2.34 bits per heavy atom. The Balaban J connectivity index is 1.58. The van der Waals surface area contributed by atoms with E-state index in [0.717, 1.165) is 38.2 Å². The number of alkyl carbamates (subject to hydrolysis) is 1. The first-order valence-corrected chi connectivity index (χ1v) is 15.1. The number of carbonyl (C=O) groups excluding carboxylic acids is 2. The number of nitrogens with one attached hydrogen (secondary N) is 1. The van der Waals surface area contributed by atoms with Gasteiger partial charge in [0.15, 0.2) is 0 Å². The largest absolute Gasteiger partial charge is 0.444 e. The highest BCUT2D eigenvalue weighted by atomic mass is 19.4. The summed E-state index contributed by atoms with van der Waals surface area (Å²) in [5.41, 5.74) is -1.90. The fourth-order valence-corrected chi connectivity index (χ4v) is 5.55. The van der Waals surface area contributed by atoms with E-state index in [2.05, 4.69) is 20.4 Å². The number of aliphatic imine (C=N–C) groups is 1. The lowest BCUT2D eigenvalue weighted by molar-refractivity contribution is -0.138. The van der Waals surface area contributed by atoms with Gasteiger partial charge in [-0.2, -0.15) is 18.2 Å². The first kappa shape index (κ1) is 33.3. The van der Waals surface area contributed by atoms with Gasteiger partial charge in [0.2, 0.25) is 17.7 Å². The molecule has 1 saturated heterocycles. The summed E-state index contributed by atoms with van der Waals surface area (Å²) in [4.78, 5) is 35.3. The monoisotopic (exact) mass is 621 g/mol. The van der Waals surface area contributed by atoms with Gasteiger partial charge in [0.05, 0.1) is 5.56 Å². The number of amides is 2. The molecule has 2 fully saturated rings. The van der Waals surface area contributed by atoms with Crippen molar-refractivity contribution in [1.82, 2.24) is 20.4 Å². The average molecular weight is 622 g/mol. The number of aryl methyl sites for hydroxylation is 1. The van der Waals surface area contributed by atoms with Gasteiger partial charge in [0.25, 0.3) is 0 Å². The first-order chi connectivity index (χ1) is 20.5.